The second-order valence-corrected chi connectivity index (χ2v) is 3.96. The minimum atomic E-state index is -0.889. The van der Waals surface area contributed by atoms with Crippen LogP contribution in [0.2, 0.25) is 0 Å². The van der Waals surface area contributed by atoms with Crippen molar-refractivity contribution in [2.45, 2.75) is 18.6 Å². The number of methoxy groups -OCH3 is 1. The van der Waals surface area contributed by atoms with E-state index in [-0.39, 0.29) is 11.9 Å². The van der Waals surface area contributed by atoms with Crippen LogP contribution in [0.5, 0.6) is 5.75 Å². The molecule has 16 heavy (non-hydrogen) atoms. The molecular weight excluding hydrogens is 206 g/mol. The number of likely N-dealkylation sites (N-methyl/N-ethyl adjacent to an activating group) is 1. The average Bonchev–Trinajstić information content (AvgIpc) is 2.57. The smallest absolute Gasteiger partial charge is 0.251 e. The van der Waals surface area contributed by atoms with Crippen molar-refractivity contribution in [2.24, 2.45) is 0 Å². The third-order valence-electron chi connectivity index (χ3n) is 3.04. The third kappa shape index (κ3) is 1.65. The van der Waals surface area contributed by atoms with Crippen LogP contribution in [-0.4, -0.2) is 36.2 Å². The summed E-state index contributed by atoms with van der Waals surface area (Å²) in [4.78, 5) is 13.1. The Hall–Kier alpha value is -1.55. The van der Waals surface area contributed by atoms with E-state index in [1.807, 2.05) is 24.3 Å². The molecule has 4 heteroatoms. The van der Waals surface area contributed by atoms with Crippen molar-refractivity contribution in [1.82, 2.24) is 4.90 Å². The highest BCUT2D eigenvalue weighted by molar-refractivity contribution is 5.83. The van der Waals surface area contributed by atoms with Gasteiger partial charge in [-0.1, -0.05) is 18.2 Å². The first-order valence-electron chi connectivity index (χ1n) is 5.22. The van der Waals surface area contributed by atoms with Gasteiger partial charge in [-0.05, 0) is 6.07 Å². The lowest BCUT2D eigenvalue weighted by molar-refractivity contribution is -0.134. The summed E-state index contributed by atoms with van der Waals surface area (Å²) in [6.07, 6.45) is -0.463. The fourth-order valence-corrected chi connectivity index (χ4v) is 2.14. The highest BCUT2D eigenvalue weighted by Gasteiger charge is 2.37. The lowest BCUT2D eigenvalue weighted by Crippen LogP contribution is -2.26. The van der Waals surface area contributed by atoms with Gasteiger partial charge >= 0.3 is 0 Å². The molecule has 1 saturated heterocycles. The van der Waals surface area contributed by atoms with E-state index < -0.39 is 6.10 Å². The molecule has 0 radical (unpaired) electrons. The first-order chi connectivity index (χ1) is 7.65. The van der Waals surface area contributed by atoms with Gasteiger partial charge in [0.25, 0.3) is 5.91 Å². The Bertz CT molecular complexity index is 405. The number of aliphatic hydroxyl groups excluding tert-OH is 1. The normalized spacial score (nSPS) is 24.9. The number of rotatable bonds is 2. The van der Waals surface area contributed by atoms with Crippen LogP contribution in [0.4, 0.5) is 0 Å². The number of aliphatic hydroxyl groups is 1. The number of ether oxygens (including phenoxy) is 1. The molecule has 0 saturated carbocycles. The largest absolute Gasteiger partial charge is 0.496 e. The molecule has 1 aromatic carbocycles. The summed E-state index contributed by atoms with van der Waals surface area (Å²) in [5.74, 6) is 0.525. The molecule has 1 fully saturated rings. The number of carbonyl (C=O) groups excluding carboxylic acids is 1. The molecule has 2 rings (SSSR count). The summed E-state index contributed by atoms with van der Waals surface area (Å²) in [5.41, 5.74) is 0.942. The number of hydrogen-bond donors (Lipinski definition) is 1. The van der Waals surface area contributed by atoms with Crippen molar-refractivity contribution in [2.75, 3.05) is 14.2 Å². The quantitative estimate of drug-likeness (QED) is 0.809. The van der Waals surface area contributed by atoms with Crippen LogP contribution in [0.1, 0.15) is 18.0 Å². The van der Waals surface area contributed by atoms with Crippen LogP contribution in [0, 0.1) is 0 Å². The molecular formula is C12H15NO3. The van der Waals surface area contributed by atoms with Gasteiger partial charge < -0.3 is 14.7 Å². The minimum Gasteiger partial charge on any atom is -0.496 e. The number of para-hydroxylation sites is 1. The van der Waals surface area contributed by atoms with Gasteiger partial charge in [0.15, 0.2) is 0 Å². The monoisotopic (exact) mass is 221 g/mol. The fourth-order valence-electron chi connectivity index (χ4n) is 2.14. The molecule has 0 bridgehead atoms. The lowest BCUT2D eigenvalue weighted by atomic mass is 10.0. The molecule has 1 aliphatic rings. The van der Waals surface area contributed by atoms with Gasteiger partial charge in [-0.3, -0.25) is 4.79 Å². The highest BCUT2D eigenvalue weighted by Crippen LogP contribution is 2.36. The van der Waals surface area contributed by atoms with Crippen molar-refractivity contribution < 1.29 is 14.6 Å². The van der Waals surface area contributed by atoms with Crippen LogP contribution < -0.4 is 4.74 Å². The van der Waals surface area contributed by atoms with Gasteiger partial charge in [0, 0.05) is 19.0 Å². The first-order valence-corrected chi connectivity index (χ1v) is 5.22. The highest BCUT2D eigenvalue weighted by atomic mass is 16.5. The second kappa shape index (κ2) is 4.14. The van der Waals surface area contributed by atoms with Crippen LogP contribution in [0.15, 0.2) is 24.3 Å². The molecule has 0 aliphatic carbocycles. The van der Waals surface area contributed by atoms with Crippen LogP contribution >= 0.6 is 0 Å². The molecule has 1 N–H and O–H groups in total. The maximum absolute atomic E-state index is 11.5. The van der Waals surface area contributed by atoms with E-state index in [0.717, 1.165) is 11.3 Å². The number of nitrogens with zero attached hydrogens (tertiary/aromatic N) is 1. The van der Waals surface area contributed by atoms with Crippen LogP contribution in [0.3, 0.4) is 0 Å². The zero-order valence-electron chi connectivity index (χ0n) is 9.38. The molecule has 0 aromatic heterocycles. The summed E-state index contributed by atoms with van der Waals surface area (Å²) in [7, 11) is 3.31. The van der Waals surface area contributed by atoms with Gasteiger partial charge in [-0.15, -0.1) is 0 Å². The van der Waals surface area contributed by atoms with Crippen molar-refractivity contribution in [3.63, 3.8) is 0 Å². The Kier molecular flexibility index (Phi) is 2.83. The van der Waals surface area contributed by atoms with Crippen LogP contribution in [0.25, 0.3) is 0 Å². The number of hydrogen-bond acceptors (Lipinski definition) is 3. The van der Waals surface area contributed by atoms with Crippen LogP contribution in [-0.2, 0) is 4.79 Å². The predicted octanol–water partition coefficient (Wildman–Crippen LogP) is 0.959. The maximum Gasteiger partial charge on any atom is 0.251 e. The summed E-state index contributed by atoms with van der Waals surface area (Å²) >= 11 is 0. The van der Waals surface area contributed by atoms with E-state index in [2.05, 4.69) is 0 Å². The molecule has 2 atom stereocenters. The molecule has 1 aromatic rings. The summed E-state index contributed by atoms with van der Waals surface area (Å²) in [6.45, 7) is 0. The van der Waals surface area contributed by atoms with Crippen molar-refractivity contribution in [3.8, 4) is 5.75 Å². The predicted molar refractivity (Wildman–Crippen MR) is 59.1 cm³/mol. The van der Waals surface area contributed by atoms with E-state index in [1.165, 1.54) is 0 Å². The van der Waals surface area contributed by atoms with Gasteiger partial charge in [0.05, 0.1) is 13.2 Å². The summed E-state index contributed by atoms with van der Waals surface area (Å²) in [6, 6.07) is 7.47. The Labute approximate surface area is 94.4 Å². The molecule has 1 heterocycles. The van der Waals surface area contributed by atoms with Crippen molar-refractivity contribution >= 4 is 5.91 Å². The van der Waals surface area contributed by atoms with E-state index >= 15 is 0 Å². The topological polar surface area (TPSA) is 49.8 Å². The van der Waals surface area contributed by atoms with Crippen molar-refractivity contribution in [1.29, 1.82) is 0 Å². The second-order valence-electron chi connectivity index (χ2n) is 3.96. The maximum atomic E-state index is 11.5. The molecule has 0 spiro atoms. The number of benzene rings is 1. The molecule has 4 nitrogen and oxygen atoms in total. The first kappa shape index (κ1) is 11.0. The fraction of sp³-hybridized carbons (Fsp3) is 0.417. The number of carbonyl (C=O) groups is 1. The van der Waals surface area contributed by atoms with Gasteiger partial charge in [0.2, 0.25) is 0 Å². The van der Waals surface area contributed by atoms with Gasteiger partial charge in [0.1, 0.15) is 11.9 Å². The van der Waals surface area contributed by atoms with Crippen molar-refractivity contribution in [3.05, 3.63) is 29.8 Å². The van der Waals surface area contributed by atoms with E-state index in [0.29, 0.717) is 6.42 Å². The molecule has 1 aliphatic heterocycles. The zero-order chi connectivity index (χ0) is 11.7. The molecule has 1 amide bonds. The SMILES string of the molecule is COc1ccccc1[C@H]1C[C@H](O)C(=O)N1C. The van der Waals surface area contributed by atoms with Gasteiger partial charge in [-0.2, -0.15) is 0 Å². The van der Waals surface area contributed by atoms with E-state index in [9.17, 15) is 9.90 Å². The number of amides is 1. The minimum absolute atomic E-state index is 0.0985. The Morgan fingerprint density at radius 1 is 1.44 bits per heavy atom. The average molecular weight is 221 g/mol. The summed E-state index contributed by atoms with van der Waals surface area (Å²) in [5, 5.41) is 9.53. The molecule has 86 valence electrons. The van der Waals surface area contributed by atoms with Gasteiger partial charge in [-0.25, -0.2) is 0 Å². The lowest BCUT2D eigenvalue weighted by Gasteiger charge is -2.21. The zero-order valence-corrected chi connectivity index (χ0v) is 9.38. The Morgan fingerprint density at radius 3 is 2.69 bits per heavy atom. The Balaban J connectivity index is 2.35. The van der Waals surface area contributed by atoms with E-state index in [1.54, 1.807) is 19.1 Å². The standard InChI is InChI=1S/C12H15NO3/c1-13-9(7-10(14)12(13)15)8-5-3-4-6-11(8)16-2/h3-6,9-10,14H,7H2,1-2H3/t9-,10+/m1/s1. The molecule has 0 unspecified atom stereocenters. The third-order valence-corrected chi connectivity index (χ3v) is 3.04. The Morgan fingerprint density at radius 2 is 2.12 bits per heavy atom. The van der Waals surface area contributed by atoms with E-state index in [4.69, 9.17) is 4.74 Å². The summed E-state index contributed by atoms with van der Waals surface area (Å²) < 4.78 is 5.26. The number of likely N-dealkylation sites (tertiary alicyclic amines) is 1.